The van der Waals surface area contributed by atoms with Gasteiger partial charge in [0.2, 0.25) is 11.8 Å². The SMILES string of the molecule is CN(CC(=O)NC(C)(C)C)C(=O)CN(Cc1ccc(Cl)cc1)C1CC1. The molecule has 0 unspecified atom stereocenters. The average molecular weight is 366 g/mol. The van der Waals surface area contributed by atoms with E-state index < -0.39 is 0 Å². The second-order valence-electron chi connectivity index (χ2n) is 7.81. The zero-order valence-electron chi connectivity index (χ0n) is 15.5. The highest BCUT2D eigenvalue weighted by atomic mass is 35.5. The Morgan fingerprint density at radius 1 is 1.16 bits per heavy atom. The lowest BCUT2D eigenvalue weighted by molar-refractivity contribution is -0.136. The van der Waals surface area contributed by atoms with Crippen LogP contribution in [0.15, 0.2) is 24.3 Å². The average Bonchev–Trinajstić information content (AvgIpc) is 3.31. The largest absolute Gasteiger partial charge is 0.350 e. The van der Waals surface area contributed by atoms with Gasteiger partial charge in [-0.25, -0.2) is 0 Å². The van der Waals surface area contributed by atoms with Crippen molar-refractivity contribution >= 4 is 23.4 Å². The van der Waals surface area contributed by atoms with Crippen molar-refractivity contribution in [2.24, 2.45) is 0 Å². The maximum absolute atomic E-state index is 12.5. The first-order valence-electron chi connectivity index (χ1n) is 8.67. The van der Waals surface area contributed by atoms with E-state index in [0.717, 1.165) is 24.9 Å². The molecule has 1 fully saturated rings. The molecule has 2 amide bonds. The fraction of sp³-hybridized carbons (Fsp3) is 0.579. The van der Waals surface area contributed by atoms with Crippen LogP contribution in [0.25, 0.3) is 0 Å². The molecule has 0 bridgehead atoms. The van der Waals surface area contributed by atoms with Gasteiger partial charge in [0.05, 0.1) is 13.1 Å². The van der Waals surface area contributed by atoms with E-state index in [-0.39, 0.29) is 23.9 Å². The van der Waals surface area contributed by atoms with Crippen molar-refractivity contribution in [2.75, 3.05) is 20.1 Å². The van der Waals surface area contributed by atoms with E-state index in [1.165, 1.54) is 4.90 Å². The predicted molar refractivity (Wildman–Crippen MR) is 100 cm³/mol. The Balaban J connectivity index is 1.89. The molecule has 0 radical (unpaired) electrons. The molecule has 1 N–H and O–H groups in total. The molecule has 2 rings (SSSR count). The number of halogens is 1. The van der Waals surface area contributed by atoms with Crippen LogP contribution < -0.4 is 5.32 Å². The van der Waals surface area contributed by atoms with E-state index in [4.69, 9.17) is 11.6 Å². The molecule has 0 aromatic heterocycles. The van der Waals surface area contributed by atoms with E-state index in [1.807, 2.05) is 45.0 Å². The lowest BCUT2D eigenvalue weighted by atomic mass is 10.1. The molecule has 0 atom stereocenters. The zero-order valence-corrected chi connectivity index (χ0v) is 16.3. The molecule has 1 aliphatic rings. The van der Waals surface area contributed by atoms with Crippen LogP contribution in [0.4, 0.5) is 0 Å². The lowest BCUT2D eigenvalue weighted by Crippen LogP contribution is -2.48. The molecular formula is C19H28ClN3O2. The molecule has 1 saturated carbocycles. The Morgan fingerprint density at radius 3 is 2.28 bits per heavy atom. The fourth-order valence-corrected chi connectivity index (χ4v) is 2.76. The predicted octanol–water partition coefficient (Wildman–Crippen LogP) is 2.68. The van der Waals surface area contributed by atoms with Crippen molar-refractivity contribution in [3.05, 3.63) is 34.9 Å². The number of amides is 2. The highest BCUT2D eigenvalue weighted by molar-refractivity contribution is 6.30. The molecule has 6 heteroatoms. The standard InChI is InChI=1S/C19H28ClN3O2/c1-19(2,3)21-17(24)12-22(4)18(25)13-23(16-9-10-16)11-14-5-7-15(20)8-6-14/h5-8,16H,9-13H2,1-4H3,(H,21,24). The van der Waals surface area contributed by atoms with Gasteiger partial charge in [-0.1, -0.05) is 23.7 Å². The number of carbonyl (C=O) groups is 2. The van der Waals surface area contributed by atoms with Gasteiger partial charge in [0.25, 0.3) is 0 Å². The molecule has 5 nitrogen and oxygen atoms in total. The van der Waals surface area contributed by atoms with Crippen molar-refractivity contribution in [3.63, 3.8) is 0 Å². The normalized spacial score (nSPS) is 14.5. The van der Waals surface area contributed by atoms with Crippen LogP contribution in [0, 0.1) is 0 Å². The first-order valence-corrected chi connectivity index (χ1v) is 9.05. The van der Waals surface area contributed by atoms with Crippen molar-refractivity contribution in [1.29, 1.82) is 0 Å². The van der Waals surface area contributed by atoms with Crippen LogP contribution in [-0.2, 0) is 16.1 Å². The first-order chi connectivity index (χ1) is 11.6. The summed E-state index contributed by atoms with van der Waals surface area (Å²) in [6.45, 7) is 6.90. The number of hydrogen-bond donors (Lipinski definition) is 1. The van der Waals surface area contributed by atoms with Crippen LogP contribution in [0.2, 0.25) is 5.02 Å². The number of hydrogen-bond acceptors (Lipinski definition) is 3. The monoisotopic (exact) mass is 365 g/mol. The molecule has 0 aliphatic heterocycles. The summed E-state index contributed by atoms with van der Waals surface area (Å²) in [5.74, 6) is -0.177. The van der Waals surface area contributed by atoms with Crippen LogP contribution >= 0.6 is 11.6 Å². The smallest absolute Gasteiger partial charge is 0.240 e. The van der Waals surface area contributed by atoms with E-state index in [2.05, 4.69) is 10.2 Å². The maximum Gasteiger partial charge on any atom is 0.240 e. The van der Waals surface area contributed by atoms with Crippen molar-refractivity contribution < 1.29 is 9.59 Å². The van der Waals surface area contributed by atoms with Crippen molar-refractivity contribution in [1.82, 2.24) is 15.1 Å². The van der Waals surface area contributed by atoms with Crippen LogP contribution in [-0.4, -0.2) is 53.3 Å². The van der Waals surface area contributed by atoms with Gasteiger partial charge in [-0.2, -0.15) is 0 Å². The Morgan fingerprint density at radius 2 is 1.76 bits per heavy atom. The summed E-state index contributed by atoms with van der Waals surface area (Å²) < 4.78 is 0. The summed E-state index contributed by atoms with van der Waals surface area (Å²) in [5.41, 5.74) is 0.840. The Kier molecular flexibility index (Phi) is 6.47. The first kappa shape index (κ1) is 19.7. The molecule has 138 valence electrons. The molecular weight excluding hydrogens is 338 g/mol. The molecule has 25 heavy (non-hydrogen) atoms. The minimum absolute atomic E-state index is 0.0371. The summed E-state index contributed by atoms with van der Waals surface area (Å²) in [6.07, 6.45) is 2.24. The quantitative estimate of drug-likeness (QED) is 0.808. The van der Waals surface area contributed by atoms with E-state index >= 15 is 0 Å². The van der Waals surface area contributed by atoms with Crippen molar-refractivity contribution in [2.45, 2.75) is 51.7 Å². The molecule has 1 aliphatic carbocycles. The Bertz CT molecular complexity index is 606. The van der Waals surface area contributed by atoms with E-state index in [0.29, 0.717) is 17.6 Å². The number of nitrogens with zero attached hydrogens (tertiary/aromatic N) is 2. The molecule has 0 heterocycles. The third-order valence-corrected chi connectivity index (χ3v) is 4.27. The Hall–Kier alpha value is -1.59. The highest BCUT2D eigenvalue weighted by Gasteiger charge is 2.31. The van der Waals surface area contributed by atoms with Gasteiger partial charge in [0, 0.05) is 30.2 Å². The number of benzene rings is 1. The lowest BCUT2D eigenvalue weighted by Gasteiger charge is -2.26. The zero-order chi connectivity index (χ0) is 18.6. The summed E-state index contributed by atoms with van der Waals surface area (Å²) in [7, 11) is 1.68. The molecule has 0 saturated heterocycles. The fourth-order valence-electron chi connectivity index (χ4n) is 2.63. The number of rotatable bonds is 7. The molecule has 1 aromatic rings. The Labute approximate surface area is 155 Å². The molecule has 1 aromatic carbocycles. The maximum atomic E-state index is 12.5. The van der Waals surface area contributed by atoms with Gasteiger partial charge in [0.1, 0.15) is 0 Å². The van der Waals surface area contributed by atoms with Gasteiger partial charge in [0.15, 0.2) is 0 Å². The van der Waals surface area contributed by atoms with Gasteiger partial charge >= 0.3 is 0 Å². The third kappa shape index (κ3) is 7.04. The van der Waals surface area contributed by atoms with Crippen molar-refractivity contribution in [3.8, 4) is 0 Å². The molecule has 0 spiro atoms. The number of nitrogens with one attached hydrogen (secondary N) is 1. The van der Waals surface area contributed by atoms with E-state index in [1.54, 1.807) is 7.05 Å². The van der Waals surface area contributed by atoms with Gasteiger partial charge in [-0.05, 0) is 51.3 Å². The summed E-state index contributed by atoms with van der Waals surface area (Å²) >= 11 is 5.93. The number of carbonyl (C=O) groups excluding carboxylic acids is 2. The highest BCUT2D eigenvalue weighted by Crippen LogP contribution is 2.28. The number of likely N-dealkylation sites (N-methyl/N-ethyl adjacent to an activating group) is 1. The topological polar surface area (TPSA) is 52.7 Å². The summed E-state index contributed by atoms with van der Waals surface area (Å²) in [5, 5.41) is 3.59. The second kappa shape index (κ2) is 8.19. The van der Waals surface area contributed by atoms with Crippen LogP contribution in [0.3, 0.4) is 0 Å². The van der Waals surface area contributed by atoms with E-state index in [9.17, 15) is 9.59 Å². The van der Waals surface area contributed by atoms with Crippen LogP contribution in [0.1, 0.15) is 39.2 Å². The van der Waals surface area contributed by atoms with Gasteiger partial charge in [-0.15, -0.1) is 0 Å². The minimum atomic E-state index is -0.296. The van der Waals surface area contributed by atoms with Gasteiger partial charge in [-0.3, -0.25) is 14.5 Å². The minimum Gasteiger partial charge on any atom is -0.350 e. The van der Waals surface area contributed by atoms with Gasteiger partial charge < -0.3 is 10.2 Å². The second-order valence-corrected chi connectivity index (χ2v) is 8.25. The van der Waals surface area contributed by atoms with Crippen LogP contribution in [0.5, 0.6) is 0 Å². The summed E-state index contributed by atoms with van der Waals surface area (Å²) in [6, 6.07) is 8.17. The summed E-state index contributed by atoms with van der Waals surface area (Å²) in [4.78, 5) is 28.2. The third-order valence-electron chi connectivity index (χ3n) is 4.02.